The van der Waals surface area contributed by atoms with Crippen LogP contribution in [0.1, 0.15) is 48.7 Å². The number of aromatic nitrogens is 3. The summed E-state index contributed by atoms with van der Waals surface area (Å²) in [5, 5.41) is 13.2. The van der Waals surface area contributed by atoms with Crippen LogP contribution in [0, 0.1) is 0 Å². The molecule has 1 aromatic heterocycles. The Bertz CT molecular complexity index is 602. The molecule has 0 aliphatic rings. The lowest BCUT2D eigenvalue weighted by atomic mass is 10.1. The fraction of sp³-hybridized carbons (Fsp3) is 0.357. The number of rotatable bonds is 4. The average molecular weight is 259 g/mol. The van der Waals surface area contributed by atoms with Crippen LogP contribution in [0.15, 0.2) is 24.3 Å². The van der Waals surface area contributed by atoms with Gasteiger partial charge in [0, 0.05) is 5.92 Å². The van der Waals surface area contributed by atoms with Crippen LogP contribution in [0.4, 0.5) is 0 Å². The van der Waals surface area contributed by atoms with Crippen LogP contribution < -0.4 is 0 Å². The molecule has 0 atom stereocenters. The molecule has 0 fully saturated rings. The highest BCUT2D eigenvalue weighted by Crippen LogP contribution is 2.20. The fourth-order valence-corrected chi connectivity index (χ4v) is 1.98. The number of carboxylic acids is 1. The van der Waals surface area contributed by atoms with E-state index in [1.807, 2.05) is 38.1 Å². The first-order chi connectivity index (χ1) is 9.04. The molecule has 0 spiro atoms. The SMILES string of the molecule is CCc1ccccc1-n1nc(C(=O)O)nc1C(C)C. The zero-order valence-electron chi connectivity index (χ0n) is 11.3. The molecular weight excluding hydrogens is 242 g/mol. The highest BCUT2D eigenvalue weighted by Gasteiger charge is 2.19. The Morgan fingerprint density at radius 2 is 2.05 bits per heavy atom. The monoisotopic (exact) mass is 259 g/mol. The zero-order chi connectivity index (χ0) is 14.0. The smallest absolute Gasteiger partial charge is 0.375 e. The van der Waals surface area contributed by atoms with E-state index >= 15 is 0 Å². The Kier molecular flexibility index (Phi) is 3.64. The van der Waals surface area contributed by atoms with Gasteiger partial charge in [0.25, 0.3) is 5.82 Å². The molecule has 1 aromatic carbocycles. The van der Waals surface area contributed by atoms with E-state index in [0.717, 1.165) is 17.7 Å². The average Bonchev–Trinajstić information content (AvgIpc) is 2.83. The minimum atomic E-state index is -1.10. The molecule has 2 aromatic rings. The first kappa shape index (κ1) is 13.3. The van der Waals surface area contributed by atoms with Crippen molar-refractivity contribution in [3.63, 3.8) is 0 Å². The number of hydrogen-bond acceptors (Lipinski definition) is 3. The van der Waals surface area contributed by atoms with Crippen molar-refractivity contribution in [1.29, 1.82) is 0 Å². The lowest BCUT2D eigenvalue weighted by molar-refractivity contribution is 0.0683. The van der Waals surface area contributed by atoms with Crippen molar-refractivity contribution in [3.8, 4) is 5.69 Å². The summed E-state index contributed by atoms with van der Waals surface area (Å²) in [7, 11) is 0. The van der Waals surface area contributed by atoms with E-state index in [0.29, 0.717) is 5.82 Å². The molecule has 0 aliphatic heterocycles. The van der Waals surface area contributed by atoms with Gasteiger partial charge in [0.1, 0.15) is 5.82 Å². The Balaban J connectivity index is 2.63. The van der Waals surface area contributed by atoms with Crippen LogP contribution in [0.25, 0.3) is 5.69 Å². The molecule has 5 nitrogen and oxygen atoms in total. The van der Waals surface area contributed by atoms with E-state index in [2.05, 4.69) is 17.0 Å². The van der Waals surface area contributed by atoms with Crippen molar-refractivity contribution in [2.45, 2.75) is 33.1 Å². The highest BCUT2D eigenvalue weighted by molar-refractivity contribution is 5.83. The number of carboxylic acid groups (broad SMARTS) is 1. The molecule has 0 saturated carbocycles. The van der Waals surface area contributed by atoms with Gasteiger partial charge in [-0.15, -0.1) is 5.10 Å². The van der Waals surface area contributed by atoms with E-state index in [4.69, 9.17) is 5.11 Å². The van der Waals surface area contributed by atoms with Gasteiger partial charge < -0.3 is 5.11 Å². The van der Waals surface area contributed by atoms with Crippen LogP contribution in [0.2, 0.25) is 0 Å². The number of para-hydroxylation sites is 1. The molecule has 0 saturated heterocycles. The summed E-state index contributed by atoms with van der Waals surface area (Å²) in [6, 6.07) is 7.83. The number of aryl methyl sites for hydroxylation is 1. The Morgan fingerprint density at radius 3 is 2.63 bits per heavy atom. The summed E-state index contributed by atoms with van der Waals surface area (Å²) in [5.74, 6) is -0.493. The summed E-state index contributed by atoms with van der Waals surface area (Å²) < 4.78 is 1.65. The van der Waals surface area contributed by atoms with Crippen LogP contribution in [0.5, 0.6) is 0 Å². The maximum atomic E-state index is 11.0. The number of benzene rings is 1. The standard InChI is InChI=1S/C14H17N3O2/c1-4-10-7-5-6-8-11(10)17-13(9(2)3)15-12(16-17)14(18)19/h5-9H,4H2,1-3H3,(H,18,19). The largest absolute Gasteiger partial charge is 0.475 e. The van der Waals surface area contributed by atoms with Crippen molar-refractivity contribution in [2.24, 2.45) is 0 Å². The van der Waals surface area contributed by atoms with Gasteiger partial charge >= 0.3 is 5.97 Å². The van der Waals surface area contributed by atoms with Crippen molar-refractivity contribution < 1.29 is 9.90 Å². The normalized spacial score (nSPS) is 10.9. The van der Waals surface area contributed by atoms with E-state index in [1.165, 1.54) is 0 Å². The summed E-state index contributed by atoms with van der Waals surface area (Å²) in [4.78, 5) is 15.1. The van der Waals surface area contributed by atoms with Gasteiger partial charge in [-0.3, -0.25) is 0 Å². The Hall–Kier alpha value is -2.17. The third-order valence-electron chi connectivity index (χ3n) is 2.94. The Morgan fingerprint density at radius 1 is 1.37 bits per heavy atom. The van der Waals surface area contributed by atoms with E-state index < -0.39 is 5.97 Å². The van der Waals surface area contributed by atoms with Gasteiger partial charge in [-0.1, -0.05) is 39.0 Å². The molecule has 5 heteroatoms. The summed E-state index contributed by atoms with van der Waals surface area (Å²) in [5.41, 5.74) is 2.01. The van der Waals surface area contributed by atoms with Gasteiger partial charge in [0.05, 0.1) is 5.69 Å². The second kappa shape index (κ2) is 5.22. The first-order valence-corrected chi connectivity index (χ1v) is 6.33. The zero-order valence-corrected chi connectivity index (χ0v) is 11.3. The number of nitrogens with zero attached hydrogens (tertiary/aromatic N) is 3. The summed E-state index contributed by atoms with van der Waals surface area (Å²) in [6.07, 6.45) is 0.857. The van der Waals surface area contributed by atoms with Crippen molar-refractivity contribution in [2.75, 3.05) is 0 Å². The number of aromatic carboxylic acids is 1. The van der Waals surface area contributed by atoms with Gasteiger partial charge in [0.15, 0.2) is 0 Å². The molecule has 19 heavy (non-hydrogen) atoms. The minimum Gasteiger partial charge on any atom is -0.475 e. The summed E-state index contributed by atoms with van der Waals surface area (Å²) >= 11 is 0. The predicted octanol–water partition coefficient (Wildman–Crippen LogP) is 2.65. The molecule has 0 bridgehead atoms. The molecule has 0 radical (unpaired) electrons. The molecule has 1 heterocycles. The van der Waals surface area contributed by atoms with Gasteiger partial charge in [0.2, 0.25) is 0 Å². The van der Waals surface area contributed by atoms with Gasteiger partial charge in [-0.05, 0) is 18.1 Å². The first-order valence-electron chi connectivity index (χ1n) is 6.33. The van der Waals surface area contributed by atoms with E-state index in [-0.39, 0.29) is 11.7 Å². The second-order valence-corrected chi connectivity index (χ2v) is 4.65. The van der Waals surface area contributed by atoms with Crippen LogP contribution in [-0.4, -0.2) is 25.8 Å². The van der Waals surface area contributed by atoms with E-state index in [9.17, 15) is 4.79 Å². The minimum absolute atomic E-state index is 0.102. The van der Waals surface area contributed by atoms with E-state index in [1.54, 1.807) is 4.68 Å². The number of carbonyl (C=O) groups is 1. The van der Waals surface area contributed by atoms with Gasteiger partial charge in [-0.2, -0.15) is 0 Å². The third kappa shape index (κ3) is 2.50. The number of hydrogen-bond donors (Lipinski definition) is 1. The van der Waals surface area contributed by atoms with Crippen molar-refractivity contribution in [1.82, 2.24) is 14.8 Å². The molecule has 1 N–H and O–H groups in total. The fourth-order valence-electron chi connectivity index (χ4n) is 1.98. The predicted molar refractivity (Wildman–Crippen MR) is 71.8 cm³/mol. The quantitative estimate of drug-likeness (QED) is 0.916. The molecule has 0 aliphatic carbocycles. The Labute approximate surface area is 111 Å². The van der Waals surface area contributed by atoms with Crippen molar-refractivity contribution >= 4 is 5.97 Å². The topological polar surface area (TPSA) is 68.0 Å². The second-order valence-electron chi connectivity index (χ2n) is 4.65. The van der Waals surface area contributed by atoms with Crippen molar-refractivity contribution in [3.05, 3.63) is 41.5 Å². The van der Waals surface area contributed by atoms with Crippen LogP contribution in [0.3, 0.4) is 0 Å². The highest BCUT2D eigenvalue weighted by atomic mass is 16.4. The maximum Gasteiger partial charge on any atom is 0.375 e. The molecule has 0 unspecified atom stereocenters. The lowest BCUT2D eigenvalue weighted by Gasteiger charge is -2.11. The van der Waals surface area contributed by atoms with Crippen LogP contribution >= 0.6 is 0 Å². The molecule has 0 amide bonds. The lowest BCUT2D eigenvalue weighted by Crippen LogP contribution is -2.07. The third-order valence-corrected chi connectivity index (χ3v) is 2.94. The van der Waals surface area contributed by atoms with Gasteiger partial charge in [-0.25, -0.2) is 14.5 Å². The van der Waals surface area contributed by atoms with Crippen LogP contribution in [-0.2, 0) is 6.42 Å². The maximum absolute atomic E-state index is 11.0. The summed E-state index contributed by atoms with van der Waals surface area (Å²) in [6.45, 7) is 6.00. The molecular formula is C14H17N3O2. The molecule has 100 valence electrons. The molecule has 2 rings (SSSR count).